The van der Waals surface area contributed by atoms with E-state index in [1.54, 1.807) is 0 Å². The Balaban J connectivity index is 1.93. The van der Waals surface area contributed by atoms with Crippen molar-refractivity contribution in [1.29, 1.82) is 0 Å². The summed E-state index contributed by atoms with van der Waals surface area (Å²) in [7, 11) is 0. The number of aromatic nitrogens is 1. The van der Waals surface area contributed by atoms with Crippen LogP contribution in [0.1, 0.15) is 24.3 Å². The van der Waals surface area contributed by atoms with Gasteiger partial charge >= 0.3 is 6.09 Å². The lowest BCUT2D eigenvalue weighted by Crippen LogP contribution is -2.36. The second-order valence-electron chi connectivity index (χ2n) is 5.18. The van der Waals surface area contributed by atoms with E-state index in [9.17, 15) is 9.59 Å². The molecule has 3 rings (SSSR count). The van der Waals surface area contributed by atoms with Crippen LogP contribution in [0.25, 0.3) is 10.9 Å². The zero-order chi connectivity index (χ0) is 14.1. The summed E-state index contributed by atoms with van der Waals surface area (Å²) >= 11 is 0. The maximum atomic E-state index is 11.5. The first kappa shape index (κ1) is 12.7. The van der Waals surface area contributed by atoms with Gasteiger partial charge in [-0.05, 0) is 35.8 Å². The number of hydrogen-bond donors (Lipinski definition) is 2. The summed E-state index contributed by atoms with van der Waals surface area (Å²) in [5.41, 5.74) is 1.90. The first-order valence-electron chi connectivity index (χ1n) is 6.75. The smallest absolute Gasteiger partial charge is 0.407 e. The van der Waals surface area contributed by atoms with Crippen molar-refractivity contribution < 1.29 is 9.90 Å². The van der Waals surface area contributed by atoms with Crippen molar-refractivity contribution in [3.63, 3.8) is 0 Å². The SMILES string of the molecule is O=C(O)N1CCC(c2cccc3ccc(=O)[nH]c23)CC1. The molecule has 0 aliphatic carbocycles. The fourth-order valence-electron chi connectivity index (χ4n) is 2.92. The molecule has 1 aromatic carbocycles. The number of hydrogen-bond acceptors (Lipinski definition) is 2. The van der Waals surface area contributed by atoms with E-state index in [-0.39, 0.29) is 5.56 Å². The number of pyridine rings is 1. The predicted molar refractivity (Wildman–Crippen MR) is 76.1 cm³/mol. The van der Waals surface area contributed by atoms with Gasteiger partial charge in [-0.25, -0.2) is 4.79 Å². The zero-order valence-electron chi connectivity index (χ0n) is 11.0. The number of carboxylic acid groups (broad SMARTS) is 1. The number of H-pyrrole nitrogens is 1. The monoisotopic (exact) mass is 272 g/mol. The van der Waals surface area contributed by atoms with Crippen LogP contribution in [0.4, 0.5) is 4.79 Å². The molecule has 0 unspecified atom stereocenters. The maximum absolute atomic E-state index is 11.5. The minimum absolute atomic E-state index is 0.104. The molecule has 5 nitrogen and oxygen atoms in total. The van der Waals surface area contributed by atoms with E-state index < -0.39 is 6.09 Å². The van der Waals surface area contributed by atoms with Gasteiger partial charge in [-0.1, -0.05) is 18.2 Å². The molecule has 1 aliphatic rings. The first-order valence-corrected chi connectivity index (χ1v) is 6.75. The normalized spacial score (nSPS) is 16.5. The Morgan fingerprint density at radius 3 is 2.65 bits per heavy atom. The van der Waals surface area contributed by atoms with Crippen LogP contribution < -0.4 is 5.56 Å². The number of carbonyl (C=O) groups is 1. The van der Waals surface area contributed by atoms with E-state index >= 15 is 0 Å². The molecule has 104 valence electrons. The van der Waals surface area contributed by atoms with E-state index in [4.69, 9.17) is 5.11 Å². The summed E-state index contributed by atoms with van der Waals surface area (Å²) in [5, 5.41) is 10.00. The Bertz CT molecular complexity index is 700. The van der Waals surface area contributed by atoms with Gasteiger partial charge in [-0.3, -0.25) is 4.79 Å². The molecule has 0 atom stereocenters. The van der Waals surface area contributed by atoms with Gasteiger partial charge in [-0.15, -0.1) is 0 Å². The van der Waals surface area contributed by atoms with Crippen molar-refractivity contribution >= 4 is 17.0 Å². The van der Waals surface area contributed by atoms with Gasteiger partial charge in [0, 0.05) is 19.2 Å². The average molecular weight is 272 g/mol. The molecule has 1 saturated heterocycles. The second kappa shape index (κ2) is 5.00. The number of nitrogens with zero attached hydrogens (tertiary/aromatic N) is 1. The molecular formula is C15H16N2O3. The molecule has 5 heteroatoms. The molecule has 1 amide bonds. The van der Waals surface area contributed by atoms with Crippen molar-refractivity contribution in [1.82, 2.24) is 9.88 Å². The molecule has 2 heterocycles. The van der Waals surface area contributed by atoms with Crippen LogP contribution in [0.2, 0.25) is 0 Å². The van der Waals surface area contributed by atoms with Crippen LogP contribution in [-0.4, -0.2) is 34.2 Å². The van der Waals surface area contributed by atoms with Crippen molar-refractivity contribution in [2.24, 2.45) is 0 Å². The topological polar surface area (TPSA) is 73.4 Å². The van der Waals surface area contributed by atoms with Gasteiger partial charge in [-0.2, -0.15) is 0 Å². The molecule has 1 aromatic heterocycles. The van der Waals surface area contributed by atoms with Crippen LogP contribution in [0.15, 0.2) is 35.1 Å². The number of amides is 1. The zero-order valence-corrected chi connectivity index (χ0v) is 11.0. The number of piperidine rings is 1. The largest absolute Gasteiger partial charge is 0.465 e. The molecule has 0 spiro atoms. The molecule has 1 fully saturated rings. The third kappa shape index (κ3) is 2.27. The Hall–Kier alpha value is -2.30. The fourth-order valence-corrected chi connectivity index (χ4v) is 2.92. The quantitative estimate of drug-likeness (QED) is 0.837. The number of rotatable bonds is 1. The lowest BCUT2D eigenvalue weighted by atomic mass is 9.88. The van der Waals surface area contributed by atoms with Gasteiger partial charge in [0.1, 0.15) is 0 Å². The summed E-state index contributed by atoms with van der Waals surface area (Å²) in [6.07, 6.45) is 0.736. The third-order valence-corrected chi connectivity index (χ3v) is 4.00. The van der Waals surface area contributed by atoms with Crippen LogP contribution in [0.3, 0.4) is 0 Å². The lowest BCUT2D eigenvalue weighted by Gasteiger charge is -2.30. The van der Waals surface area contributed by atoms with Crippen LogP contribution in [0, 0.1) is 0 Å². The molecular weight excluding hydrogens is 256 g/mol. The van der Waals surface area contributed by atoms with Crippen molar-refractivity contribution in [3.05, 3.63) is 46.2 Å². The van der Waals surface area contributed by atoms with E-state index in [0.717, 1.165) is 29.3 Å². The van der Waals surface area contributed by atoms with Gasteiger partial charge in [0.05, 0.1) is 5.52 Å². The number of likely N-dealkylation sites (tertiary alicyclic amines) is 1. The van der Waals surface area contributed by atoms with Crippen LogP contribution >= 0.6 is 0 Å². The molecule has 2 N–H and O–H groups in total. The summed E-state index contributed by atoms with van der Waals surface area (Å²) in [5.74, 6) is 0.298. The average Bonchev–Trinajstić information content (AvgIpc) is 2.46. The maximum Gasteiger partial charge on any atom is 0.407 e. The van der Waals surface area contributed by atoms with Crippen LogP contribution in [-0.2, 0) is 0 Å². The van der Waals surface area contributed by atoms with E-state index in [1.165, 1.54) is 11.0 Å². The molecule has 1 aliphatic heterocycles. The fraction of sp³-hybridized carbons (Fsp3) is 0.333. The van der Waals surface area contributed by atoms with E-state index in [0.29, 0.717) is 19.0 Å². The Morgan fingerprint density at radius 2 is 1.95 bits per heavy atom. The highest BCUT2D eigenvalue weighted by Crippen LogP contribution is 2.31. The number of para-hydroxylation sites is 1. The minimum atomic E-state index is -0.852. The number of fused-ring (bicyclic) bond motifs is 1. The van der Waals surface area contributed by atoms with E-state index in [2.05, 4.69) is 4.98 Å². The second-order valence-corrected chi connectivity index (χ2v) is 5.18. The number of benzene rings is 1. The molecule has 0 bridgehead atoms. The number of aromatic amines is 1. The van der Waals surface area contributed by atoms with Gasteiger partial charge in [0.2, 0.25) is 5.56 Å². The van der Waals surface area contributed by atoms with Gasteiger partial charge in [0.15, 0.2) is 0 Å². The van der Waals surface area contributed by atoms with Crippen molar-refractivity contribution in [3.8, 4) is 0 Å². The summed E-state index contributed by atoms with van der Waals surface area (Å²) in [6.45, 7) is 1.10. The Kier molecular flexibility index (Phi) is 3.18. The molecule has 2 aromatic rings. The summed E-state index contributed by atoms with van der Waals surface area (Å²) in [6, 6.07) is 9.34. The highest BCUT2D eigenvalue weighted by atomic mass is 16.4. The highest BCUT2D eigenvalue weighted by Gasteiger charge is 2.24. The Morgan fingerprint density at radius 1 is 1.20 bits per heavy atom. The summed E-state index contributed by atoms with van der Waals surface area (Å²) < 4.78 is 0. The standard InChI is InChI=1S/C15H16N2O3/c18-13-5-4-11-2-1-3-12(14(11)16-13)10-6-8-17(9-7-10)15(19)20/h1-5,10H,6-9H2,(H,16,18)(H,19,20). The molecule has 0 saturated carbocycles. The van der Waals surface area contributed by atoms with Crippen LogP contribution in [0.5, 0.6) is 0 Å². The Labute approximate surface area is 115 Å². The van der Waals surface area contributed by atoms with Crippen molar-refractivity contribution in [2.75, 3.05) is 13.1 Å². The van der Waals surface area contributed by atoms with Crippen molar-refractivity contribution in [2.45, 2.75) is 18.8 Å². The molecule has 0 radical (unpaired) electrons. The minimum Gasteiger partial charge on any atom is -0.465 e. The number of nitrogens with one attached hydrogen (secondary N) is 1. The van der Waals surface area contributed by atoms with Gasteiger partial charge in [0.25, 0.3) is 0 Å². The predicted octanol–water partition coefficient (Wildman–Crippen LogP) is 2.39. The lowest BCUT2D eigenvalue weighted by molar-refractivity contribution is 0.132. The highest BCUT2D eigenvalue weighted by molar-refractivity contribution is 5.82. The van der Waals surface area contributed by atoms with Gasteiger partial charge < -0.3 is 15.0 Å². The third-order valence-electron chi connectivity index (χ3n) is 4.00. The van der Waals surface area contributed by atoms with E-state index in [1.807, 2.05) is 24.3 Å². The molecule has 20 heavy (non-hydrogen) atoms. The first-order chi connectivity index (χ1) is 9.65. The summed E-state index contributed by atoms with van der Waals surface area (Å²) in [4.78, 5) is 26.8.